The van der Waals surface area contributed by atoms with Crippen molar-refractivity contribution in [3.8, 4) is 0 Å². The van der Waals surface area contributed by atoms with Gasteiger partial charge in [0, 0.05) is 5.69 Å². The summed E-state index contributed by atoms with van der Waals surface area (Å²) in [5, 5.41) is 2.69. The van der Waals surface area contributed by atoms with Crippen molar-refractivity contribution < 1.29 is 9.18 Å². The van der Waals surface area contributed by atoms with Crippen LogP contribution in [0.5, 0.6) is 0 Å². The molecular formula is C12H17FN2O. The van der Waals surface area contributed by atoms with Gasteiger partial charge in [-0.15, -0.1) is 0 Å². The summed E-state index contributed by atoms with van der Waals surface area (Å²) in [7, 11) is 0. The molecule has 88 valence electrons. The molecule has 1 amide bonds. The maximum absolute atomic E-state index is 12.8. The molecule has 0 aliphatic rings. The summed E-state index contributed by atoms with van der Waals surface area (Å²) >= 11 is 0. The lowest BCUT2D eigenvalue weighted by Crippen LogP contribution is -2.35. The van der Waals surface area contributed by atoms with Gasteiger partial charge >= 0.3 is 0 Å². The predicted molar refractivity (Wildman–Crippen MR) is 62.7 cm³/mol. The van der Waals surface area contributed by atoms with Crippen LogP contribution in [0.2, 0.25) is 0 Å². The number of amides is 1. The predicted octanol–water partition coefficient (Wildman–Crippen LogP) is 2.20. The lowest BCUT2D eigenvalue weighted by Gasteiger charge is -2.12. The van der Waals surface area contributed by atoms with Crippen LogP contribution in [0.1, 0.15) is 25.3 Å². The van der Waals surface area contributed by atoms with Gasteiger partial charge < -0.3 is 11.1 Å². The molecule has 0 bridgehead atoms. The molecule has 0 aliphatic heterocycles. The first-order valence-electron chi connectivity index (χ1n) is 5.37. The van der Waals surface area contributed by atoms with Crippen LogP contribution in [0, 0.1) is 12.7 Å². The van der Waals surface area contributed by atoms with Gasteiger partial charge in [-0.25, -0.2) is 4.39 Å². The minimum absolute atomic E-state index is 0.225. The molecule has 3 N–H and O–H groups in total. The normalized spacial score (nSPS) is 12.2. The molecule has 0 unspecified atom stereocenters. The Balaban J connectivity index is 2.69. The number of hydrogen-bond acceptors (Lipinski definition) is 2. The van der Waals surface area contributed by atoms with Crippen molar-refractivity contribution in [3.63, 3.8) is 0 Å². The summed E-state index contributed by atoms with van der Waals surface area (Å²) in [6.07, 6.45) is 1.50. The Hall–Kier alpha value is -1.42. The van der Waals surface area contributed by atoms with E-state index in [2.05, 4.69) is 5.32 Å². The van der Waals surface area contributed by atoms with E-state index >= 15 is 0 Å². The van der Waals surface area contributed by atoms with Gasteiger partial charge in [0.1, 0.15) is 5.82 Å². The van der Waals surface area contributed by atoms with Crippen molar-refractivity contribution in [1.82, 2.24) is 0 Å². The van der Waals surface area contributed by atoms with Crippen LogP contribution < -0.4 is 11.1 Å². The molecule has 16 heavy (non-hydrogen) atoms. The van der Waals surface area contributed by atoms with E-state index in [1.54, 1.807) is 13.0 Å². The van der Waals surface area contributed by atoms with E-state index in [0.29, 0.717) is 17.7 Å². The number of carbonyl (C=O) groups is 1. The van der Waals surface area contributed by atoms with E-state index < -0.39 is 6.04 Å². The summed E-state index contributed by atoms with van der Waals surface area (Å²) in [6, 6.07) is 3.73. The Morgan fingerprint density at radius 1 is 1.56 bits per heavy atom. The fourth-order valence-electron chi connectivity index (χ4n) is 1.43. The first-order chi connectivity index (χ1) is 7.54. The molecule has 0 saturated heterocycles. The second-order valence-electron chi connectivity index (χ2n) is 3.84. The highest BCUT2D eigenvalue weighted by atomic mass is 19.1. The third-order valence-corrected chi connectivity index (χ3v) is 2.38. The fraction of sp³-hybridized carbons (Fsp3) is 0.417. The van der Waals surface area contributed by atoms with Gasteiger partial charge in [0.05, 0.1) is 6.04 Å². The van der Waals surface area contributed by atoms with Crippen molar-refractivity contribution in [3.05, 3.63) is 29.6 Å². The highest BCUT2D eigenvalue weighted by molar-refractivity contribution is 5.95. The molecule has 0 aromatic heterocycles. The number of rotatable bonds is 4. The molecule has 0 spiro atoms. The number of nitrogens with one attached hydrogen (secondary N) is 1. The van der Waals surface area contributed by atoms with Crippen LogP contribution in [-0.4, -0.2) is 11.9 Å². The Kier molecular flexibility index (Phi) is 4.43. The molecule has 1 aromatic carbocycles. The van der Waals surface area contributed by atoms with Gasteiger partial charge in [-0.05, 0) is 37.1 Å². The number of halogens is 1. The molecular weight excluding hydrogens is 207 g/mol. The average Bonchev–Trinajstić information content (AvgIpc) is 2.22. The first kappa shape index (κ1) is 12.6. The Labute approximate surface area is 94.8 Å². The van der Waals surface area contributed by atoms with E-state index in [-0.39, 0.29) is 11.7 Å². The molecule has 0 heterocycles. The molecule has 0 aliphatic carbocycles. The standard InChI is InChI=1S/C12H17FN2O/c1-3-4-10(14)12(16)15-11-6-5-9(13)7-8(11)2/h5-7,10H,3-4,14H2,1-2H3,(H,15,16)/t10-/m0/s1. The van der Waals surface area contributed by atoms with Crippen LogP contribution in [-0.2, 0) is 4.79 Å². The van der Waals surface area contributed by atoms with Gasteiger partial charge in [0.15, 0.2) is 0 Å². The first-order valence-corrected chi connectivity index (χ1v) is 5.37. The van der Waals surface area contributed by atoms with Gasteiger partial charge in [-0.3, -0.25) is 4.79 Å². The minimum atomic E-state index is -0.505. The summed E-state index contributed by atoms with van der Waals surface area (Å²) < 4.78 is 12.8. The third kappa shape index (κ3) is 3.31. The van der Waals surface area contributed by atoms with Crippen molar-refractivity contribution in [2.24, 2.45) is 5.73 Å². The lowest BCUT2D eigenvalue weighted by molar-refractivity contribution is -0.117. The zero-order valence-corrected chi connectivity index (χ0v) is 9.59. The molecule has 1 atom stereocenters. The second-order valence-corrected chi connectivity index (χ2v) is 3.84. The van der Waals surface area contributed by atoms with E-state index in [9.17, 15) is 9.18 Å². The number of hydrogen-bond donors (Lipinski definition) is 2. The van der Waals surface area contributed by atoms with E-state index in [0.717, 1.165) is 6.42 Å². The largest absolute Gasteiger partial charge is 0.324 e. The van der Waals surface area contributed by atoms with Gasteiger partial charge in [-0.2, -0.15) is 0 Å². The maximum Gasteiger partial charge on any atom is 0.241 e. The van der Waals surface area contributed by atoms with Crippen LogP contribution in [0.3, 0.4) is 0 Å². The molecule has 0 fully saturated rings. The molecule has 0 radical (unpaired) electrons. The van der Waals surface area contributed by atoms with Gasteiger partial charge in [0.2, 0.25) is 5.91 Å². The van der Waals surface area contributed by atoms with E-state index in [1.807, 2.05) is 6.92 Å². The molecule has 1 rings (SSSR count). The Morgan fingerprint density at radius 2 is 2.25 bits per heavy atom. The number of aryl methyl sites for hydroxylation is 1. The molecule has 3 nitrogen and oxygen atoms in total. The summed E-state index contributed by atoms with van der Waals surface area (Å²) in [4.78, 5) is 11.6. The SMILES string of the molecule is CCC[C@H](N)C(=O)Nc1ccc(F)cc1C. The van der Waals surface area contributed by atoms with Crippen molar-refractivity contribution in [2.75, 3.05) is 5.32 Å². The molecule has 0 saturated carbocycles. The zero-order chi connectivity index (χ0) is 12.1. The monoisotopic (exact) mass is 224 g/mol. The smallest absolute Gasteiger partial charge is 0.241 e. The number of benzene rings is 1. The summed E-state index contributed by atoms with van der Waals surface area (Å²) in [5.74, 6) is -0.537. The molecule has 4 heteroatoms. The van der Waals surface area contributed by atoms with Crippen molar-refractivity contribution >= 4 is 11.6 Å². The minimum Gasteiger partial charge on any atom is -0.324 e. The molecule has 1 aromatic rings. The Bertz CT molecular complexity index is 379. The van der Waals surface area contributed by atoms with Crippen molar-refractivity contribution in [1.29, 1.82) is 0 Å². The van der Waals surface area contributed by atoms with Gasteiger partial charge in [-0.1, -0.05) is 13.3 Å². The highest BCUT2D eigenvalue weighted by Crippen LogP contribution is 2.15. The van der Waals surface area contributed by atoms with Gasteiger partial charge in [0.25, 0.3) is 0 Å². The lowest BCUT2D eigenvalue weighted by atomic mass is 10.1. The summed E-state index contributed by atoms with van der Waals surface area (Å²) in [6.45, 7) is 3.71. The van der Waals surface area contributed by atoms with Crippen LogP contribution in [0.15, 0.2) is 18.2 Å². The van der Waals surface area contributed by atoms with Crippen LogP contribution in [0.4, 0.5) is 10.1 Å². The number of anilines is 1. The van der Waals surface area contributed by atoms with E-state index in [4.69, 9.17) is 5.73 Å². The number of nitrogens with two attached hydrogens (primary N) is 1. The second kappa shape index (κ2) is 5.61. The highest BCUT2D eigenvalue weighted by Gasteiger charge is 2.13. The third-order valence-electron chi connectivity index (χ3n) is 2.38. The van der Waals surface area contributed by atoms with Crippen LogP contribution >= 0.6 is 0 Å². The number of carbonyl (C=O) groups excluding carboxylic acids is 1. The quantitative estimate of drug-likeness (QED) is 0.823. The fourth-order valence-corrected chi connectivity index (χ4v) is 1.43. The summed E-state index contributed by atoms with van der Waals surface area (Å²) in [5.41, 5.74) is 6.97. The topological polar surface area (TPSA) is 55.1 Å². The van der Waals surface area contributed by atoms with Crippen LogP contribution in [0.25, 0.3) is 0 Å². The maximum atomic E-state index is 12.8. The van der Waals surface area contributed by atoms with E-state index in [1.165, 1.54) is 12.1 Å². The van der Waals surface area contributed by atoms with Crippen molar-refractivity contribution in [2.45, 2.75) is 32.7 Å². The zero-order valence-electron chi connectivity index (χ0n) is 9.59. The average molecular weight is 224 g/mol. The Morgan fingerprint density at radius 3 is 2.81 bits per heavy atom.